The van der Waals surface area contributed by atoms with Gasteiger partial charge in [-0.15, -0.1) is 10.2 Å². The number of hydrogen-bond donors (Lipinski definition) is 3. The van der Waals surface area contributed by atoms with Crippen molar-refractivity contribution < 1.29 is 9.53 Å². The maximum Gasteiger partial charge on any atom is 0.241 e. The second-order valence-corrected chi connectivity index (χ2v) is 6.60. The van der Waals surface area contributed by atoms with Crippen LogP contribution in [0.15, 0.2) is 0 Å². The van der Waals surface area contributed by atoms with Crippen molar-refractivity contribution >= 4 is 5.91 Å². The molecule has 2 heterocycles. The van der Waals surface area contributed by atoms with Crippen molar-refractivity contribution in [2.75, 3.05) is 6.61 Å². The lowest BCUT2D eigenvalue weighted by Crippen LogP contribution is -2.82. The van der Waals surface area contributed by atoms with Crippen molar-refractivity contribution in [2.24, 2.45) is 17.1 Å². The van der Waals surface area contributed by atoms with Crippen LogP contribution in [0, 0.1) is 11.3 Å². The zero-order valence-electron chi connectivity index (χ0n) is 12.6. The van der Waals surface area contributed by atoms with Gasteiger partial charge in [-0.1, -0.05) is 19.1 Å². The number of ether oxygens (including phenoxy) is 1. The minimum absolute atomic E-state index is 0.0579. The molecule has 0 aromatic carbocycles. The normalized spacial score (nSPS) is 35.4. The van der Waals surface area contributed by atoms with Crippen LogP contribution >= 0.6 is 0 Å². The number of fused-ring (bicyclic) bond motifs is 1. The number of nitrogens with zero attached hydrogens (tertiary/aromatic N) is 3. The van der Waals surface area contributed by atoms with Gasteiger partial charge in [-0.05, 0) is 19.8 Å². The standard InChI is InChI=1S/C13H22N6O2/c1-7(10-16-18-19-17-10)15-11(20)13(14)8-5-4-6-21-9(8)12(13,2)3/h7-9H,4-6,14H2,1-3H3,(H,15,20)(H,16,17,18,19). The van der Waals surface area contributed by atoms with Gasteiger partial charge in [-0.2, -0.15) is 5.21 Å². The predicted octanol–water partition coefficient (Wildman–Crippen LogP) is -0.0906. The average molecular weight is 294 g/mol. The fourth-order valence-corrected chi connectivity index (χ4v) is 3.77. The van der Waals surface area contributed by atoms with Gasteiger partial charge in [0, 0.05) is 17.9 Å². The molecule has 3 rings (SSSR count). The minimum atomic E-state index is -0.921. The number of carbonyl (C=O) groups is 1. The summed E-state index contributed by atoms with van der Waals surface area (Å²) in [5.41, 5.74) is 5.21. The van der Waals surface area contributed by atoms with Crippen LogP contribution in [0.1, 0.15) is 45.5 Å². The summed E-state index contributed by atoms with van der Waals surface area (Å²) >= 11 is 0. The summed E-state index contributed by atoms with van der Waals surface area (Å²) < 4.78 is 5.82. The van der Waals surface area contributed by atoms with Crippen LogP contribution in [0.5, 0.6) is 0 Å². The van der Waals surface area contributed by atoms with Crippen molar-refractivity contribution in [3.8, 4) is 0 Å². The Bertz CT molecular complexity index is 531. The number of tetrazole rings is 1. The van der Waals surface area contributed by atoms with Gasteiger partial charge in [0.2, 0.25) is 5.91 Å². The third-order valence-electron chi connectivity index (χ3n) is 5.16. The first-order chi connectivity index (χ1) is 9.89. The summed E-state index contributed by atoms with van der Waals surface area (Å²) in [4.78, 5) is 12.7. The Labute approximate surface area is 123 Å². The van der Waals surface area contributed by atoms with E-state index in [0.717, 1.165) is 19.4 Å². The van der Waals surface area contributed by atoms with Crippen molar-refractivity contribution in [3.05, 3.63) is 5.82 Å². The zero-order chi connectivity index (χ0) is 15.3. The third kappa shape index (κ3) is 1.89. The van der Waals surface area contributed by atoms with Crippen molar-refractivity contribution in [1.29, 1.82) is 0 Å². The summed E-state index contributed by atoms with van der Waals surface area (Å²) in [5, 5.41) is 16.6. The molecule has 0 spiro atoms. The fraction of sp³-hybridized carbons (Fsp3) is 0.846. The van der Waals surface area contributed by atoms with Crippen LogP contribution in [0.2, 0.25) is 0 Å². The number of aromatic nitrogens is 4. The molecule has 1 saturated heterocycles. The molecule has 8 nitrogen and oxygen atoms in total. The van der Waals surface area contributed by atoms with Crippen LogP contribution in [0.3, 0.4) is 0 Å². The molecule has 1 aliphatic heterocycles. The highest BCUT2D eigenvalue weighted by atomic mass is 16.5. The van der Waals surface area contributed by atoms with E-state index in [9.17, 15) is 4.79 Å². The SMILES string of the molecule is CC(NC(=O)C1(N)C2CCCOC2C1(C)C)c1nn[nH]n1. The molecule has 21 heavy (non-hydrogen) atoms. The van der Waals surface area contributed by atoms with E-state index in [2.05, 4.69) is 25.9 Å². The van der Waals surface area contributed by atoms with Gasteiger partial charge in [-0.25, -0.2) is 0 Å². The summed E-state index contributed by atoms with van der Waals surface area (Å²) in [6.45, 7) is 6.56. The Morgan fingerprint density at radius 1 is 1.57 bits per heavy atom. The quantitative estimate of drug-likeness (QED) is 0.717. The number of rotatable bonds is 3. The topological polar surface area (TPSA) is 119 Å². The van der Waals surface area contributed by atoms with Crippen LogP contribution in [0.4, 0.5) is 0 Å². The molecule has 2 fully saturated rings. The number of carbonyl (C=O) groups excluding carboxylic acids is 1. The van der Waals surface area contributed by atoms with Gasteiger partial charge in [0.15, 0.2) is 5.82 Å². The van der Waals surface area contributed by atoms with E-state index in [4.69, 9.17) is 10.5 Å². The van der Waals surface area contributed by atoms with E-state index in [1.54, 1.807) is 0 Å². The molecule has 2 aliphatic rings. The Balaban J connectivity index is 1.77. The van der Waals surface area contributed by atoms with Gasteiger partial charge < -0.3 is 15.8 Å². The minimum Gasteiger partial charge on any atom is -0.377 e. The number of amides is 1. The van der Waals surface area contributed by atoms with E-state index in [0.29, 0.717) is 5.82 Å². The molecule has 4 unspecified atom stereocenters. The van der Waals surface area contributed by atoms with Gasteiger partial charge in [0.25, 0.3) is 0 Å². The lowest BCUT2D eigenvalue weighted by Gasteiger charge is -2.65. The second-order valence-electron chi connectivity index (χ2n) is 6.60. The number of hydrogen-bond acceptors (Lipinski definition) is 6. The summed E-state index contributed by atoms with van der Waals surface area (Å²) in [6.07, 6.45) is 1.93. The van der Waals surface area contributed by atoms with Crippen LogP contribution < -0.4 is 11.1 Å². The smallest absolute Gasteiger partial charge is 0.241 e. The molecule has 1 saturated carbocycles. The number of aromatic amines is 1. The lowest BCUT2D eigenvalue weighted by molar-refractivity contribution is -0.225. The molecule has 1 amide bonds. The first-order valence-electron chi connectivity index (χ1n) is 7.34. The molecule has 1 aliphatic carbocycles. The number of nitrogens with two attached hydrogens (primary N) is 1. The van der Waals surface area contributed by atoms with E-state index >= 15 is 0 Å². The van der Waals surface area contributed by atoms with Crippen LogP contribution in [-0.4, -0.2) is 44.8 Å². The van der Waals surface area contributed by atoms with Gasteiger partial charge in [-0.3, -0.25) is 4.79 Å². The average Bonchev–Trinajstić information content (AvgIpc) is 3.00. The van der Waals surface area contributed by atoms with Gasteiger partial charge in [0.05, 0.1) is 12.1 Å². The van der Waals surface area contributed by atoms with Crippen molar-refractivity contribution in [1.82, 2.24) is 25.9 Å². The summed E-state index contributed by atoms with van der Waals surface area (Å²) in [6, 6.07) is -0.337. The third-order valence-corrected chi connectivity index (χ3v) is 5.16. The van der Waals surface area contributed by atoms with E-state index in [-0.39, 0.29) is 29.4 Å². The van der Waals surface area contributed by atoms with Gasteiger partial charge >= 0.3 is 0 Å². The lowest BCUT2D eigenvalue weighted by atomic mass is 9.46. The van der Waals surface area contributed by atoms with E-state index < -0.39 is 5.54 Å². The largest absolute Gasteiger partial charge is 0.377 e. The first kappa shape index (κ1) is 14.4. The molecule has 0 radical (unpaired) electrons. The Kier molecular flexibility index (Phi) is 3.25. The molecule has 8 heteroatoms. The fourth-order valence-electron chi connectivity index (χ4n) is 3.77. The van der Waals surface area contributed by atoms with Crippen LogP contribution in [-0.2, 0) is 9.53 Å². The number of nitrogens with one attached hydrogen (secondary N) is 2. The zero-order valence-corrected chi connectivity index (χ0v) is 12.6. The highest BCUT2D eigenvalue weighted by Crippen LogP contribution is 2.57. The molecule has 4 atom stereocenters. The molecule has 1 aromatic rings. The Morgan fingerprint density at radius 2 is 2.33 bits per heavy atom. The maximum atomic E-state index is 12.7. The molecule has 0 bridgehead atoms. The summed E-state index contributed by atoms with van der Waals surface area (Å²) in [5.74, 6) is 0.343. The molecule has 116 valence electrons. The Hall–Kier alpha value is -1.54. The van der Waals surface area contributed by atoms with E-state index in [1.165, 1.54) is 0 Å². The monoisotopic (exact) mass is 294 g/mol. The number of H-pyrrole nitrogens is 1. The van der Waals surface area contributed by atoms with Gasteiger partial charge in [0.1, 0.15) is 5.54 Å². The maximum absolute atomic E-state index is 12.7. The Morgan fingerprint density at radius 3 is 3.00 bits per heavy atom. The molecule has 1 aromatic heterocycles. The molecular weight excluding hydrogens is 272 g/mol. The van der Waals surface area contributed by atoms with Crippen LogP contribution in [0.25, 0.3) is 0 Å². The summed E-state index contributed by atoms with van der Waals surface area (Å²) in [7, 11) is 0. The highest BCUT2D eigenvalue weighted by Gasteiger charge is 2.70. The second kappa shape index (κ2) is 4.74. The molecule has 4 N–H and O–H groups in total. The van der Waals surface area contributed by atoms with Crippen molar-refractivity contribution in [3.63, 3.8) is 0 Å². The predicted molar refractivity (Wildman–Crippen MR) is 73.9 cm³/mol. The molecular formula is C13H22N6O2. The van der Waals surface area contributed by atoms with Crippen molar-refractivity contribution in [2.45, 2.75) is 51.3 Å². The first-order valence-corrected chi connectivity index (χ1v) is 7.34. The highest BCUT2D eigenvalue weighted by molar-refractivity contribution is 5.89. The van der Waals surface area contributed by atoms with E-state index in [1.807, 2.05) is 20.8 Å².